The van der Waals surface area contributed by atoms with E-state index in [9.17, 15) is 18.0 Å². The van der Waals surface area contributed by atoms with Crippen molar-refractivity contribution >= 4 is 50.7 Å². The second kappa shape index (κ2) is 12.8. The molecule has 1 atom stereocenters. The molecule has 0 aromatic heterocycles. The summed E-state index contributed by atoms with van der Waals surface area (Å²) < 4.78 is 26.5. The summed E-state index contributed by atoms with van der Waals surface area (Å²) in [6.45, 7) is 9.37. The maximum absolute atomic E-state index is 13.4. The number of benzene rings is 2. The topological polar surface area (TPSA) is 86.8 Å². The number of carbonyl (C=O) groups excluding carboxylic acids is 2. The summed E-state index contributed by atoms with van der Waals surface area (Å²) in [5.41, 5.74) is 3.03. The second-order valence-corrected chi connectivity index (χ2v) is 12.1. The number of nitrogens with one attached hydrogen (secondary N) is 1. The van der Waals surface area contributed by atoms with E-state index in [4.69, 9.17) is 23.2 Å². The van der Waals surface area contributed by atoms with E-state index < -0.39 is 16.1 Å². The maximum Gasteiger partial charge on any atom is 0.242 e. The maximum atomic E-state index is 13.4. The highest BCUT2D eigenvalue weighted by molar-refractivity contribution is 7.92. The Kier molecular flexibility index (Phi) is 10.6. The lowest BCUT2D eigenvalue weighted by molar-refractivity contribution is -0.140. The molecule has 0 heterocycles. The van der Waals surface area contributed by atoms with E-state index in [2.05, 4.69) is 5.32 Å². The standard InChI is InChI=1S/C26H35Cl2N3O4S/c1-17(2)29-26(33)20(5)30(16-21-11-12-22(27)15-23(21)28)25(32)8-7-13-31(36(6,34)35)24-14-18(3)9-10-19(24)4/h9-12,14-15,17,20H,7-8,13,16H2,1-6H3,(H,29,33)/t20-/m1/s1. The summed E-state index contributed by atoms with van der Waals surface area (Å²) in [5, 5.41) is 3.71. The minimum atomic E-state index is -3.56. The summed E-state index contributed by atoms with van der Waals surface area (Å²) in [5.74, 6) is -0.557. The highest BCUT2D eigenvalue weighted by atomic mass is 35.5. The molecule has 0 aliphatic carbocycles. The highest BCUT2D eigenvalue weighted by Crippen LogP contribution is 2.26. The lowest BCUT2D eigenvalue weighted by Gasteiger charge is -2.30. The molecule has 36 heavy (non-hydrogen) atoms. The normalized spacial score (nSPS) is 12.4. The number of halogens is 2. The van der Waals surface area contributed by atoms with Gasteiger partial charge in [-0.15, -0.1) is 0 Å². The largest absolute Gasteiger partial charge is 0.352 e. The minimum absolute atomic E-state index is 0.0569. The van der Waals surface area contributed by atoms with E-state index in [1.165, 1.54) is 9.21 Å². The Morgan fingerprint density at radius 2 is 1.69 bits per heavy atom. The highest BCUT2D eigenvalue weighted by Gasteiger charge is 2.27. The Morgan fingerprint density at radius 3 is 2.28 bits per heavy atom. The Hall–Kier alpha value is -2.29. The average molecular weight is 557 g/mol. The van der Waals surface area contributed by atoms with Crippen LogP contribution in [0.1, 0.15) is 50.3 Å². The van der Waals surface area contributed by atoms with Gasteiger partial charge in [-0.2, -0.15) is 0 Å². The van der Waals surface area contributed by atoms with Gasteiger partial charge in [0.15, 0.2) is 0 Å². The Labute approximate surface area is 224 Å². The molecular formula is C26H35Cl2N3O4S. The van der Waals surface area contributed by atoms with Crippen LogP contribution in [0.2, 0.25) is 10.0 Å². The summed E-state index contributed by atoms with van der Waals surface area (Å²) in [7, 11) is -3.56. The van der Waals surface area contributed by atoms with Gasteiger partial charge < -0.3 is 10.2 Å². The molecule has 10 heteroatoms. The molecule has 0 saturated carbocycles. The van der Waals surface area contributed by atoms with E-state index in [0.717, 1.165) is 17.4 Å². The van der Waals surface area contributed by atoms with Crippen LogP contribution in [0.15, 0.2) is 36.4 Å². The lowest BCUT2D eigenvalue weighted by atomic mass is 10.1. The third-order valence-corrected chi connectivity index (χ3v) is 7.51. The fraction of sp³-hybridized carbons (Fsp3) is 0.462. The average Bonchev–Trinajstić information content (AvgIpc) is 2.76. The van der Waals surface area contributed by atoms with Gasteiger partial charge in [-0.1, -0.05) is 41.4 Å². The molecule has 198 valence electrons. The summed E-state index contributed by atoms with van der Waals surface area (Å²) >= 11 is 12.4. The molecule has 2 rings (SSSR count). The Morgan fingerprint density at radius 1 is 1.03 bits per heavy atom. The first kappa shape index (κ1) is 29.9. The zero-order valence-electron chi connectivity index (χ0n) is 21.6. The van der Waals surface area contributed by atoms with Gasteiger partial charge in [0.2, 0.25) is 21.8 Å². The van der Waals surface area contributed by atoms with Crippen molar-refractivity contribution < 1.29 is 18.0 Å². The van der Waals surface area contributed by atoms with Crippen molar-refractivity contribution in [2.24, 2.45) is 0 Å². The monoisotopic (exact) mass is 555 g/mol. The lowest BCUT2D eigenvalue weighted by Crippen LogP contribution is -2.49. The van der Waals surface area contributed by atoms with E-state index in [1.807, 2.05) is 45.9 Å². The Bertz CT molecular complexity index is 1200. The fourth-order valence-corrected chi connectivity index (χ4v) is 5.27. The first-order valence-corrected chi connectivity index (χ1v) is 14.4. The van der Waals surface area contributed by atoms with Crippen molar-refractivity contribution in [3.05, 3.63) is 63.1 Å². The van der Waals surface area contributed by atoms with Gasteiger partial charge in [-0.25, -0.2) is 8.42 Å². The van der Waals surface area contributed by atoms with Crippen molar-refractivity contribution in [1.29, 1.82) is 0 Å². The third kappa shape index (κ3) is 8.39. The fourth-order valence-electron chi connectivity index (χ4n) is 3.79. The van der Waals surface area contributed by atoms with Gasteiger partial charge in [-0.3, -0.25) is 13.9 Å². The molecule has 7 nitrogen and oxygen atoms in total. The molecule has 2 aromatic carbocycles. The first-order chi connectivity index (χ1) is 16.7. The van der Waals surface area contributed by atoms with E-state index in [0.29, 0.717) is 21.3 Å². The number of rotatable bonds is 11. The SMILES string of the molecule is Cc1ccc(C)c(N(CCCC(=O)N(Cc2ccc(Cl)cc2Cl)[C@H](C)C(=O)NC(C)C)S(C)(=O)=O)c1. The molecule has 0 saturated heterocycles. The van der Waals surface area contributed by atoms with Crippen molar-refractivity contribution in [2.75, 3.05) is 17.1 Å². The number of sulfonamides is 1. The molecule has 0 aliphatic heterocycles. The van der Waals surface area contributed by atoms with Crippen LogP contribution in [-0.4, -0.2) is 50.0 Å². The van der Waals surface area contributed by atoms with E-state index >= 15 is 0 Å². The molecule has 2 aromatic rings. The number of amides is 2. The van der Waals surface area contributed by atoms with Crippen LogP contribution < -0.4 is 9.62 Å². The molecule has 2 amide bonds. The van der Waals surface area contributed by atoms with Crippen LogP contribution in [0.25, 0.3) is 0 Å². The van der Waals surface area contributed by atoms with Crippen LogP contribution >= 0.6 is 23.2 Å². The van der Waals surface area contributed by atoms with Crippen LogP contribution in [0.3, 0.4) is 0 Å². The summed E-state index contributed by atoms with van der Waals surface area (Å²) in [6.07, 6.45) is 1.49. The van der Waals surface area contributed by atoms with Gasteiger partial charge in [0.25, 0.3) is 0 Å². The summed E-state index contributed by atoms with van der Waals surface area (Å²) in [4.78, 5) is 27.6. The van der Waals surface area contributed by atoms with Gasteiger partial charge in [0.05, 0.1) is 11.9 Å². The van der Waals surface area contributed by atoms with Crippen molar-refractivity contribution in [3.8, 4) is 0 Å². The van der Waals surface area contributed by atoms with Gasteiger partial charge in [0, 0.05) is 35.6 Å². The molecule has 0 fully saturated rings. The molecular weight excluding hydrogens is 521 g/mol. The van der Waals surface area contributed by atoms with Crippen LogP contribution in [0.4, 0.5) is 5.69 Å². The third-order valence-electron chi connectivity index (χ3n) is 5.74. The number of aryl methyl sites for hydroxylation is 2. The molecule has 0 spiro atoms. The van der Waals surface area contributed by atoms with Crippen LogP contribution in [0.5, 0.6) is 0 Å². The first-order valence-electron chi connectivity index (χ1n) is 11.8. The smallest absolute Gasteiger partial charge is 0.242 e. The molecule has 0 aliphatic rings. The number of hydrogen-bond donors (Lipinski definition) is 1. The van der Waals surface area contributed by atoms with Crippen LogP contribution in [0, 0.1) is 13.8 Å². The Balaban J connectivity index is 2.24. The number of anilines is 1. The van der Waals surface area contributed by atoms with Gasteiger partial charge in [0.1, 0.15) is 6.04 Å². The molecule has 0 unspecified atom stereocenters. The predicted octanol–water partition coefficient (Wildman–Crippen LogP) is 5.10. The number of hydrogen-bond acceptors (Lipinski definition) is 4. The minimum Gasteiger partial charge on any atom is -0.352 e. The zero-order chi connectivity index (χ0) is 27.2. The van der Waals surface area contributed by atoms with Gasteiger partial charge in [-0.05, 0) is 75.9 Å². The van der Waals surface area contributed by atoms with Crippen LogP contribution in [-0.2, 0) is 26.2 Å². The summed E-state index contributed by atoms with van der Waals surface area (Å²) in [6, 6.07) is 9.78. The zero-order valence-corrected chi connectivity index (χ0v) is 24.0. The molecule has 0 radical (unpaired) electrons. The van der Waals surface area contributed by atoms with Crippen molar-refractivity contribution in [2.45, 2.75) is 66.1 Å². The van der Waals surface area contributed by atoms with Crippen molar-refractivity contribution in [1.82, 2.24) is 10.2 Å². The molecule has 1 N–H and O–H groups in total. The number of nitrogens with zero attached hydrogens (tertiary/aromatic N) is 2. The van der Waals surface area contributed by atoms with E-state index in [1.54, 1.807) is 25.1 Å². The predicted molar refractivity (Wildman–Crippen MR) is 147 cm³/mol. The molecule has 0 bridgehead atoms. The second-order valence-electron chi connectivity index (χ2n) is 9.33. The number of carbonyl (C=O) groups is 2. The van der Waals surface area contributed by atoms with E-state index in [-0.39, 0.29) is 43.8 Å². The quantitative estimate of drug-likeness (QED) is 0.418. The van der Waals surface area contributed by atoms with Gasteiger partial charge >= 0.3 is 0 Å². The van der Waals surface area contributed by atoms with Crippen molar-refractivity contribution in [3.63, 3.8) is 0 Å².